The van der Waals surface area contributed by atoms with Crippen molar-refractivity contribution in [2.75, 3.05) is 5.32 Å². The van der Waals surface area contributed by atoms with E-state index in [2.05, 4.69) is 10.3 Å². The third-order valence-electron chi connectivity index (χ3n) is 5.81. The molecule has 2 aromatic carbocycles. The van der Waals surface area contributed by atoms with Crippen molar-refractivity contribution in [3.8, 4) is 0 Å². The van der Waals surface area contributed by atoms with Gasteiger partial charge in [-0.3, -0.25) is 14.2 Å². The summed E-state index contributed by atoms with van der Waals surface area (Å²) in [4.78, 5) is 33.3. The molecule has 5 rings (SSSR count). The van der Waals surface area contributed by atoms with Gasteiger partial charge in [0.05, 0.1) is 15.8 Å². The number of hydrogen-bond donors (Lipinski definition) is 1. The Kier molecular flexibility index (Phi) is 6.44. The number of hydrogen-bond acceptors (Lipinski definition) is 5. The Morgan fingerprint density at radius 1 is 1.03 bits per heavy atom. The summed E-state index contributed by atoms with van der Waals surface area (Å²) in [6.07, 6.45) is 5.65. The van der Waals surface area contributed by atoms with Crippen LogP contribution in [0.25, 0.3) is 12.2 Å². The molecule has 0 spiro atoms. The molecule has 2 aromatic heterocycles. The molecule has 1 unspecified atom stereocenters. The molecule has 4 aromatic rings. The number of anilines is 1. The highest BCUT2D eigenvalue weighted by molar-refractivity contribution is 7.10. The van der Waals surface area contributed by atoms with E-state index in [0.29, 0.717) is 20.6 Å². The number of thiazole rings is 1. The lowest BCUT2D eigenvalue weighted by Crippen LogP contribution is -2.40. The van der Waals surface area contributed by atoms with Crippen LogP contribution in [0.5, 0.6) is 0 Å². The van der Waals surface area contributed by atoms with Crippen LogP contribution in [0.3, 0.4) is 0 Å². The van der Waals surface area contributed by atoms with E-state index in [9.17, 15) is 9.59 Å². The molecule has 0 aliphatic carbocycles. The molecule has 0 radical (unpaired) electrons. The number of nitrogens with zero attached hydrogens (tertiary/aromatic N) is 2. The summed E-state index contributed by atoms with van der Waals surface area (Å²) in [5.41, 5.74) is 3.70. The fourth-order valence-corrected chi connectivity index (χ4v) is 5.88. The van der Waals surface area contributed by atoms with E-state index in [0.717, 1.165) is 21.7 Å². The number of thiophene rings is 1. The maximum Gasteiger partial charge on any atom is 0.271 e. The van der Waals surface area contributed by atoms with Gasteiger partial charge < -0.3 is 5.32 Å². The lowest BCUT2D eigenvalue weighted by atomic mass is 10.0. The van der Waals surface area contributed by atoms with E-state index in [4.69, 9.17) is 0 Å². The van der Waals surface area contributed by atoms with Crippen LogP contribution in [0.1, 0.15) is 29.0 Å². The zero-order valence-corrected chi connectivity index (χ0v) is 20.9. The smallest absolute Gasteiger partial charge is 0.271 e. The Hall–Kier alpha value is -3.81. The summed E-state index contributed by atoms with van der Waals surface area (Å²) < 4.78 is 2.23. The van der Waals surface area contributed by atoms with E-state index in [1.165, 1.54) is 22.7 Å². The third kappa shape index (κ3) is 4.60. The van der Waals surface area contributed by atoms with Gasteiger partial charge in [0.2, 0.25) is 0 Å². The number of carbonyl (C=O) groups is 1. The van der Waals surface area contributed by atoms with Gasteiger partial charge in [-0.25, -0.2) is 4.99 Å². The van der Waals surface area contributed by atoms with E-state index < -0.39 is 6.04 Å². The van der Waals surface area contributed by atoms with Gasteiger partial charge in [0.25, 0.3) is 11.5 Å². The Morgan fingerprint density at radius 3 is 2.54 bits per heavy atom. The summed E-state index contributed by atoms with van der Waals surface area (Å²) in [5.74, 6) is -0.253. The minimum atomic E-state index is -0.532. The first-order valence-electron chi connectivity index (χ1n) is 11.2. The van der Waals surface area contributed by atoms with Crippen molar-refractivity contribution in [2.24, 2.45) is 4.99 Å². The number of allylic oxidation sites excluding steroid dienone is 2. The molecule has 0 fully saturated rings. The molecule has 1 aliphatic heterocycles. The van der Waals surface area contributed by atoms with Gasteiger partial charge in [0.1, 0.15) is 6.04 Å². The second-order valence-electron chi connectivity index (χ2n) is 8.16. The quantitative estimate of drug-likeness (QED) is 0.426. The van der Waals surface area contributed by atoms with Crippen LogP contribution in [0, 0.1) is 6.92 Å². The van der Waals surface area contributed by atoms with Crippen molar-refractivity contribution in [3.63, 3.8) is 0 Å². The van der Waals surface area contributed by atoms with Gasteiger partial charge in [-0.05, 0) is 48.6 Å². The first-order chi connectivity index (χ1) is 17.0. The van der Waals surface area contributed by atoms with Crippen molar-refractivity contribution in [2.45, 2.75) is 19.9 Å². The van der Waals surface area contributed by atoms with Crippen LogP contribution < -0.4 is 20.2 Å². The molecular formula is C28H23N3O2S2. The molecule has 174 valence electrons. The van der Waals surface area contributed by atoms with Gasteiger partial charge in [-0.15, -0.1) is 11.3 Å². The highest BCUT2D eigenvalue weighted by Crippen LogP contribution is 2.33. The zero-order valence-electron chi connectivity index (χ0n) is 19.3. The first kappa shape index (κ1) is 23.0. The summed E-state index contributed by atoms with van der Waals surface area (Å²) in [6.45, 7) is 3.78. The fourth-order valence-electron chi connectivity index (χ4n) is 4.06. The zero-order chi connectivity index (χ0) is 24.4. The van der Waals surface area contributed by atoms with Gasteiger partial charge in [-0.2, -0.15) is 0 Å². The Labute approximate surface area is 210 Å². The molecule has 1 N–H and O–H groups in total. The van der Waals surface area contributed by atoms with Gasteiger partial charge in [0, 0.05) is 10.6 Å². The van der Waals surface area contributed by atoms with Gasteiger partial charge in [0.15, 0.2) is 4.80 Å². The Morgan fingerprint density at radius 2 is 1.80 bits per heavy atom. The third-order valence-corrected chi connectivity index (χ3v) is 7.73. The van der Waals surface area contributed by atoms with Gasteiger partial charge >= 0.3 is 0 Å². The SMILES string of the molecule is CC1=C(C(=O)Nc2ccccc2C)C(c2cccs2)n2c(sc(=CC=Cc3ccccc3)c2=O)=N1. The number of aromatic nitrogens is 1. The van der Waals surface area contributed by atoms with Crippen molar-refractivity contribution < 1.29 is 4.79 Å². The number of aryl methyl sites for hydroxylation is 1. The molecule has 0 bridgehead atoms. The second-order valence-corrected chi connectivity index (χ2v) is 10.1. The van der Waals surface area contributed by atoms with Crippen LogP contribution in [-0.4, -0.2) is 10.5 Å². The summed E-state index contributed by atoms with van der Waals surface area (Å²) in [7, 11) is 0. The van der Waals surface area contributed by atoms with E-state index in [-0.39, 0.29) is 11.5 Å². The highest BCUT2D eigenvalue weighted by Gasteiger charge is 2.33. The molecule has 3 heterocycles. The van der Waals surface area contributed by atoms with Crippen molar-refractivity contribution in [1.82, 2.24) is 4.57 Å². The molecule has 35 heavy (non-hydrogen) atoms. The van der Waals surface area contributed by atoms with E-state index in [1.807, 2.05) is 104 Å². The normalized spacial score (nSPS) is 15.8. The minimum absolute atomic E-state index is 0.154. The van der Waals surface area contributed by atoms with Crippen LogP contribution in [0.15, 0.2) is 99.2 Å². The Balaban J connectivity index is 1.58. The monoisotopic (exact) mass is 497 g/mol. The standard InChI is InChI=1S/C28H23N3O2S2/c1-18-10-6-7-14-21(18)30-26(32)24-19(2)29-28-31(25(24)22-16-9-17-34-22)27(33)23(35-28)15-8-13-20-11-4-3-5-12-20/h3-17,25H,1-2H3,(H,30,32). The number of para-hydroxylation sites is 1. The molecule has 5 nitrogen and oxygen atoms in total. The number of fused-ring (bicyclic) bond motifs is 1. The van der Waals surface area contributed by atoms with Crippen molar-refractivity contribution >= 4 is 46.4 Å². The average molecular weight is 498 g/mol. The van der Waals surface area contributed by atoms with Crippen molar-refractivity contribution in [3.05, 3.63) is 125 Å². The van der Waals surface area contributed by atoms with Crippen LogP contribution in [-0.2, 0) is 4.79 Å². The largest absolute Gasteiger partial charge is 0.322 e. The minimum Gasteiger partial charge on any atom is -0.322 e. The molecule has 0 saturated heterocycles. The number of benzene rings is 2. The average Bonchev–Trinajstić information content (AvgIpc) is 3.49. The number of nitrogens with one attached hydrogen (secondary N) is 1. The predicted molar refractivity (Wildman–Crippen MR) is 144 cm³/mol. The highest BCUT2D eigenvalue weighted by atomic mass is 32.1. The Bertz CT molecular complexity index is 1630. The molecule has 1 atom stereocenters. The molecule has 0 saturated carbocycles. The fraction of sp³-hybridized carbons (Fsp3) is 0.107. The summed E-state index contributed by atoms with van der Waals surface area (Å²) in [5, 5.41) is 4.99. The van der Waals surface area contributed by atoms with E-state index >= 15 is 0 Å². The summed E-state index contributed by atoms with van der Waals surface area (Å²) >= 11 is 2.86. The summed E-state index contributed by atoms with van der Waals surface area (Å²) in [6, 6.07) is 20.9. The number of rotatable bonds is 5. The van der Waals surface area contributed by atoms with Crippen LogP contribution in [0.4, 0.5) is 5.69 Å². The number of amides is 1. The lowest BCUT2D eigenvalue weighted by Gasteiger charge is -2.24. The first-order valence-corrected chi connectivity index (χ1v) is 12.9. The molecular weight excluding hydrogens is 474 g/mol. The van der Waals surface area contributed by atoms with Gasteiger partial charge in [-0.1, -0.05) is 78.1 Å². The molecule has 1 aliphatic rings. The van der Waals surface area contributed by atoms with E-state index in [1.54, 1.807) is 4.57 Å². The van der Waals surface area contributed by atoms with Crippen LogP contribution in [0.2, 0.25) is 0 Å². The topological polar surface area (TPSA) is 63.5 Å². The maximum absolute atomic E-state index is 13.5. The predicted octanol–water partition coefficient (Wildman–Crippen LogP) is 4.91. The molecule has 1 amide bonds. The second kappa shape index (κ2) is 9.82. The van der Waals surface area contributed by atoms with Crippen molar-refractivity contribution in [1.29, 1.82) is 0 Å². The maximum atomic E-state index is 13.5. The lowest BCUT2D eigenvalue weighted by molar-refractivity contribution is -0.113. The molecule has 7 heteroatoms. The van der Waals surface area contributed by atoms with Crippen LogP contribution >= 0.6 is 22.7 Å². The number of carbonyl (C=O) groups excluding carboxylic acids is 1.